The van der Waals surface area contributed by atoms with Crippen LogP contribution in [-0.2, 0) is 19.5 Å². The molecule has 0 aliphatic rings. The van der Waals surface area contributed by atoms with E-state index in [1.165, 1.54) is 46.7 Å². The molecule has 0 heterocycles. The predicted octanol–water partition coefficient (Wildman–Crippen LogP) is 7.16. The van der Waals surface area contributed by atoms with E-state index in [2.05, 4.69) is 111 Å². The van der Waals surface area contributed by atoms with E-state index in [0.29, 0.717) is 0 Å². The fourth-order valence-corrected chi connectivity index (χ4v) is 3.79. The van der Waals surface area contributed by atoms with E-state index in [1.807, 2.05) is 0 Å². The quantitative estimate of drug-likeness (QED) is 0.344. The van der Waals surface area contributed by atoms with Gasteiger partial charge in [-0.2, -0.15) is 0 Å². The van der Waals surface area contributed by atoms with E-state index in [-0.39, 0.29) is 0 Å². The van der Waals surface area contributed by atoms with Gasteiger partial charge in [0.25, 0.3) is 0 Å². The van der Waals surface area contributed by atoms with Crippen LogP contribution in [0.5, 0.6) is 0 Å². The number of fused-ring (bicyclic) bond motifs is 1. The summed E-state index contributed by atoms with van der Waals surface area (Å²) < 4.78 is 0. The minimum absolute atomic E-state index is 0.978. The lowest BCUT2D eigenvalue weighted by molar-refractivity contribution is 0.227. The topological polar surface area (TPSA) is 6.48 Å². The first-order valence-corrected chi connectivity index (χ1v) is 12.0. The molecule has 0 aromatic heterocycles. The van der Waals surface area contributed by atoms with Gasteiger partial charge in [0, 0.05) is 26.2 Å². The molecule has 0 amide bonds. The summed E-state index contributed by atoms with van der Waals surface area (Å²) in [7, 11) is 4.29. The second-order valence-corrected chi connectivity index (χ2v) is 8.68. The van der Waals surface area contributed by atoms with Crippen LogP contribution in [0.15, 0.2) is 66.7 Å². The third-order valence-electron chi connectivity index (χ3n) is 5.65. The van der Waals surface area contributed by atoms with Crippen molar-refractivity contribution in [1.82, 2.24) is 9.80 Å². The van der Waals surface area contributed by atoms with Gasteiger partial charge in [0.1, 0.15) is 0 Å². The summed E-state index contributed by atoms with van der Waals surface area (Å²) in [6.07, 6.45) is 5.17. The van der Waals surface area contributed by atoms with E-state index < -0.39 is 0 Å². The molecule has 3 aromatic carbocycles. The zero-order valence-electron chi connectivity index (χ0n) is 20.4. The Morgan fingerprint density at radius 1 is 0.677 bits per heavy atom. The highest BCUT2D eigenvalue weighted by molar-refractivity contribution is 5.85. The Hall–Kier alpha value is -2.16. The maximum absolute atomic E-state index is 2.57. The number of hydrogen-bond donors (Lipinski definition) is 0. The summed E-state index contributed by atoms with van der Waals surface area (Å²) in [5.74, 6) is 0. The maximum atomic E-state index is 2.57. The average Bonchev–Trinajstić information content (AvgIpc) is 2.79. The van der Waals surface area contributed by atoms with Gasteiger partial charge in [-0.25, -0.2) is 0 Å². The van der Waals surface area contributed by atoms with Gasteiger partial charge in [-0.3, -0.25) is 4.90 Å². The predicted molar refractivity (Wildman–Crippen MR) is 138 cm³/mol. The van der Waals surface area contributed by atoms with Gasteiger partial charge >= 0.3 is 0 Å². The fourth-order valence-electron chi connectivity index (χ4n) is 3.79. The Kier molecular flexibility index (Phi) is 11.3. The molecule has 3 rings (SSSR count). The highest BCUT2D eigenvalue weighted by atomic mass is 15.2. The van der Waals surface area contributed by atoms with Crippen LogP contribution < -0.4 is 0 Å². The molecule has 0 saturated heterocycles. The van der Waals surface area contributed by atoms with Crippen LogP contribution >= 0.6 is 0 Å². The van der Waals surface area contributed by atoms with Gasteiger partial charge in [0.05, 0.1) is 0 Å². The minimum Gasteiger partial charge on any atom is -0.308 e. The number of unbranched alkanes of at least 4 members (excludes halogenated alkanes) is 2. The van der Waals surface area contributed by atoms with Crippen molar-refractivity contribution in [3.05, 3.63) is 83.4 Å². The summed E-state index contributed by atoms with van der Waals surface area (Å²) in [6.45, 7) is 10.7. The summed E-state index contributed by atoms with van der Waals surface area (Å²) in [5, 5.41) is 2.69. The monoisotopic (exact) mass is 418 g/mol. The zero-order chi connectivity index (χ0) is 22.5. The molecule has 0 N–H and O–H groups in total. The SMILES string of the molecule is CCCCC.CCc1cccc(CN(CCN(C)C)Cc2cccc3ccccc23)c1. The van der Waals surface area contributed by atoms with Crippen molar-refractivity contribution in [2.75, 3.05) is 27.2 Å². The first-order valence-electron chi connectivity index (χ1n) is 12.0. The van der Waals surface area contributed by atoms with Gasteiger partial charge in [0.15, 0.2) is 0 Å². The highest BCUT2D eigenvalue weighted by Gasteiger charge is 2.10. The first kappa shape index (κ1) is 25.1. The standard InChI is InChI=1S/C24H30N2.C5H12/c1-4-20-9-7-10-21(17-20)18-26(16-15-25(2)3)19-23-13-8-12-22-11-5-6-14-24(22)23;1-3-5-4-2/h5-14,17H,4,15-16,18-19H2,1-3H3;3-5H2,1-2H3. The molecule has 0 atom stereocenters. The van der Waals surface area contributed by atoms with Gasteiger partial charge in [-0.05, 0) is 48.0 Å². The molecule has 0 aliphatic heterocycles. The lowest BCUT2D eigenvalue weighted by atomic mass is 10.0. The Bertz CT molecular complexity index is 877. The van der Waals surface area contributed by atoms with Crippen LogP contribution in [0.25, 0.3) is 10.8 Å². The molecule has 0 fully saturated rings. The van der Waals surface area contributed by atoms with Crippen LogP contribution in [0.4, 0.5) is 0 Å². The number of rotatable bonds is 10. The normalized spacial score (nSPS) is 11.1. The number of likely N-dealkylation sites (N-methyl/N-ethyl adjacent to an activating group) is 1. The van der Waals surface area contributed by atoms with Crippen molar-refractivity contribution in [3.63, 3.8) is 0 Å². The Labute approximate surface area is 190 Å². The smallest absolute Gasteiger partial charge is 0.0243 e. The zero-order valence-corrected chi connectivity index (χ0v) is 20.4. The largest absolute Gasteiger partial charge is 0.308 e. The molecule has 3 aromatic rings. The molecule has 0 saturated carbocycles. The minimum atomic E-state index is 0.978. The second-order valence-electron chi connectivity index (χ2n) is 8.68. The van der Waals surface area contributed by atoms with E-state index in [0.717, 1.165) is 32.6 Å². The molecule has 0 unspecified atom stereocenters. The third-order valence-corrected chi connectivity index (χ3v) is 5.65. The Morgan fingerprint density at radius 3 is 2.03 bits per heavy atom. The number of aryl methyl sites for hydroxylation is 1. The van der Waals surface area contributed by atoms with E-state index >= 15 is 0 Å². The molecular weight excluding hydrogens is 376 g/mol. The Balaban J connectivity index is 0.000000614. The summed E-state index contributed by atoms with van der Waals surface area (Å²) in [5.41, 5.74) is 4.23. The summed E-state index contributed by atoms with van der Waals surface area (Å²) in [4.78, 5) is 4.83. The van der Waals surface area contributed by atoms with Crippen molar-refractivity contribution in [3.8, 4) is 0 Å². The van der Waals surface area contributed by atoms with Crippen molar-refractivity contribution in [1.29, 1.82) is 0 Å². The number of nitrogens with zero attached hydrogens (tertiary/aromatic N) is 2. The van der Waals surface area contributed by atoms with E-state index in [1.54, 1.807) is 0 Å². The van der Waals surface area contributed by atoms with E-state index in [4.69, 9.17) is 0 Å². The van der Waals surface area contributed by atoms with E-state index in [9.17, 15) is 0 Å². The van der Waals surface area contributed by atoms with Crippen LogP contribution in [0.2, 0.25) is 0 Å². The molecule has 0 bridgehead atoms. The van der Waals surface area contributed by atoms with Gasteiger partial charge in [0.2, 0.25) is 0 Å². The van der Waals surface area contributed by atoms with Crippen LogP contribution in [0, 0.1) is 0 Å². The lowest BCUT2D eigenvalue weighted by Crippen LogP contribution is -2.31. The first-order chi connectivity index (χ1) is 15.1. The van der Waals surface area contributed by atoms with Crippen LogP contribution in [0.3, 0.4) is 0 Å². The van der Waals surface area contributed by atoms with Crippen molar-refractivity contribution in [2.24, 2.45) is 0 Å². The Morgan fingerprint density at radius 2 is 1.35 bits per heavy atom. The fraction of sp³-hybridized carbons (Fsp3) is 0.448. The van der Waals surface area contributed by atoms with Crippen molar-refractivity contribution in [2.45, 2.75) is 59.5 Å². The highest BCUT2D eigenvalue weighted by Crippen LogP contribution is 2.21. The van der Waals surface area contributed by atoms with Gasteiger partial charge < -0.3 is 4.90 Å². The maximum Gasteiger partial charge on any atom is 0.0243 e. The molecule has 0 spiro atoms. The molecule has 0 aliphatic carbocycles. The molecular formula is C29H42N2. The van der Waals surface area contributed by atoms with Crippen LogP contribution in [-0.4, -0.2) is 37.0 Å². The van der Waals surface area contributed by atoms with Crippen molar-refractivity contribution < 1.29 is 0 Å². The lowest BCUT2D eigenvalue weighted by Gasteiger charge is -2.25. The molecule has 31 heavy (non-hydrogen) atoms. The summed E-state index contributed by atoms with van der Waals surface area (Å²) in [6, 6.07) is 24.4. The molecule has 168 valence electrons. The van der Waals surface area contributed by atoms with Gasteiger partial charge in [-0.1, -0.05) is 107 Å². The van der Waals surface area contributed by atoms with Gasteiger partial charge in [-0.15, -0.1) is 0 Å². The molecule has 0 radical (unpaired) electrons. The van der Waals surface area contributed by atoms with Crippen LogP contribution in [0.1, 0.15) is 56.7 Å². The summed E-state index contributed by atoms with van der Waals surface area (Å²) >= 11 is 0. The third kappa shape index (κ3) is 8.85. The number of hydrogen-bond acceptors (Lipinski definition) is 2. The van der Waals surface area contributed by atoms with Crippen molar-refractivity contribution >= 4 is 10.8 Å². The second kappa shape index (κ2) is 14.0. The molecule has 2 heteroatoms. The molecule has 2 nitrogen and oxygen atoms in total. The number of benzene rings is 3. The average molecular weight is 419 g/mol.